The van der Waals surface area contributed by atoms with E-state index in [2.05, 4.69) is 10.1 Å². The number of nitrogens with zero attached hydrogens (tertiary/aromatic N) is 3. The van der Waals surface area contributed by atoms with E-state index in [4.69, 9.17) is 5.11 Å². The van der Waals surface area contributed by atoms with Crippen LogP contribution in [0.25, 0.3) is 5.65 Å². The summed E-state index contributed by atoms with van der Waals surface area (Å²) in [5.74, 6) is -0.389. The molecule has 2 heterocycles. The highest BCUT2D eigenvalue weighted by Crippen LogP contribution is 2.46. The van der Waals surface area contributed by atoms with E-state index in [-0.39, 0.29) is 0 Å². The lowest BCUT2D eigenvalue weighted by Crippen LogP contribution is -2.21. The van der Waals surface area contributed by atoms with E-state index in [1.165, 1.54) is 0 Å². The molecular formula is C10H9N3O2. The molecule has 0 unspecified atom stereocenters. The summed E-state index contributed by atoms with van der Waals surface area (Å²) in [4.78, 5) is 15.3. The monoisotopic (exact) mass is 203 g/mol. The maximum Gasteiger partial charge on any atom is 0.317 e. The van der Waals surface area contributed by atoms with Gasteiger partial charge in [0, 0.05) is 6.20 Å². The number of rotatable bonds is 2. The summed E-state index contributed by atoms with van der Waals surface area (Å²) in [5, 5.41) is 13.3. The second kappa shape index (κ2) is 2.56. The van der Waals surface area contributed by atoms with Crippen molar-refractivity contribution in [1.82, 2.24) is 14.6 Å². The zero-order valence-electron chi connectivity index (χ0n) is 7.92. The molecule has 1 N–H and O–H groups in total. The fourth-order valence-electron chi connectivity index (χ4n) is 1.69. The number of carbonyl (C=O) groups is 1. The summed E-state index contributed by atoms with van der Waals surface area (Å²) in [6.45, 7) is 0. The van der Waals surface area contributed by atoms with Gasteiger partial charge in [0.25, 0.3) is 0 Å². The van der Waals surface area contributed by atoms with Gasteiger partial charge in [-0.3, -0.25) is 4.79 Å². The molecule has 0 spiro atoms. The molecule has 0 aromatic carbocycles. The van der Waals surface area contributed by atoms with Crippen molar-refractivity contribution in [2.75, 3.05) is 0 Å². The normalized spacial score (nSPS) is 17.9. The molecule has 2 aromatic rings. The fraction of sp³-hybridized carbons (Fsp3) is 0.300. The third kappa shape index (κ3) is 1.06. The molecule has 0 radical (unpaired) electrons. The second-order valence-electron chi connectivity index (χ2n) is 3.83. The minimum atomic E-state index is -0.821. The molecule has 1 saturated carbocycles. The van der Waals surface area contributed by atoms with E-state index >= 15 is 0 Å². The van der Waals surface area contributed by atoms with Crippen molar-refractivity contribution in [3.63, 3.8) is 0 Å². The lowest BCUT2D eigenvalue weighted by molar-refractivity contribution is -0.140. The lowest BCUT2D eigenvalue weighted by Gasteiger charge is -2.01. The van der Waals surface area contributed by atoms with Gasteiger partial charge in [-0.15, -0.1) is 0 Å². The van der Waals surface area contributed by atoms with Gasteiger partial charge < -0.3 is 5.11 Å². The number of hydrogen-bond acceptors (Lipinski definition) is 3. The summed E-state index contributed by atoms with van der Waals surface area (Å²) in [5.41, 5.74) is -0.119. The molecule has 76 valence electrons. The van der Waals surface area contributed by atoms with Crippen LogP contribution >= 0.6 is 0 Å². The summed E-state index contributed by atoms with van der Waals surface area (Å²) in [7, 11) is 0. The third-order valence-corrected chi connectivity index (χ3v) is 2.83. The predicted molar refractivity (Wildman–Crippen MR) is 51.5 cm³/mol. The van der Waals surface area contributed by atoms with Crippen LogP contribution in [0.15, 0.2) is 24.4 Å². The van der Waals surface area contributed by atoms with Gasteiger partial charge in [0.2, 0.25) is 0 Å². The first-order valence-corrected chi connectivity index (χ1v) is 4.78. The molecule has 0 amide bonds. The number of hydrogen-bond donors (Lipinski definition) is 1. The Morgan fingerprint density at radius 3 is 2.87 bits per heavy atom. The van der Waals surface area contributed by atoms with Crippen molar-refractivity contribution in [2.45, 2.75) is 18.3 Å². The van der Waals surface area contributed by atoms with Gasteiger partial charge in [-0.2, -0.15) is 5.10 Å². The van der Waals surface area contributed by atoms with Crippen LogP contribution in [-0.4, -0.2) is 25.7 Å². The van der Waals surface area contributed by atoms with E-state index in [1.54, 1.807) is 10.7 Å². The van der Waals surface area contributed by atoms with Gasteiger partial charge >= 0.3 is 5.97 Å². The maximum atomic E-state index is 11.1. The average Bonchev–Trinajstić information content (AvgIpc) is 2.93. The third-order valence-electron chi connectivity index (χ3n) is 2.83. The van der Waals surface area contributed by atoms with Crippen molar-refractivity contribution in [2.24, 2.45) is 0 Å². The van der Waals surface area contributed by atoms with Crippen LogP contribution in [0.4, 0.5) is 0 Å². The summed E-state index contributed by atoms with van der Waals surface area (Å²) in [6, 6.07) is 5.51. The number of aliphatic carboxylic acids is 1. The van der Waals surface area contributed by atoms with Crippen molar-refractivity contribution in [3.05, 3.63) is 30.2 Å². The molecule has 0 aliphatic heterocycles. The Bertz CT molecular complexity index is 509. The van der Waals surface area contributed by atoms with Gasteiger partial charge in [-0.1, -0.05) is 6.07 Å². The minimum absolute atomic E-state index is 0.432. The van der Waals surface area contributed by atoms with Crippen LogP contribution in [0.3, 0.4) is 0 Å². The zero-order valence-corrected chi connectivity index (χ0v) is 7.92. The van der Waals surface area contributed by atoms with Crippen molar-refractivity contribution in [3.8, 4) is 0 Å². The first kappa shape index (κ1) is 8.40. The molecule has 1 fully saturated rings. The molecule has 5 nitrogen and oxygen atoms in total. The predicted octanol–water partition coefficient (Wildman–Crippen LogP) is 0.846. The van der Waals surface area contributed by atoms with Gasteiger partial charge in [-0.25, -0.2) is 9.50 Å². The molecule has 0 bridgehead atoms. The van der Waals surface area contributed by atoms with Crippen LogP contribution in [0.1, 0.15) is 18.7 Å². The number of carboxylic acid groups (broad SMARTS) is 1. The highest BCUT2D eigenvalue weighted by atomic mass is 16.4. The highest BCUT2D eigenvalue weighted by Gasteiger charge is 2.55. The van der Waals surface area contributed by atoms with Crippen LogP contribution in [0.5, 0.6) is 0 Å². The van der Waals surface area contributed by atoms with Crippen molar-refractivity contribution in [1.29, 1.82) is 0 Å². The molecule has 1 aliphatic rings. The zero-order chi connectivity index (χ0) is 10.5. The van der Waals surface area contributed by atoms with Gasteiger partial charge in [0.15, 0.2) is 11.5 Å². The smallest absolute Gasteiger partial charge is 0.317 e. The summed E-state index contributed by atoms with van der Waals surface area (Å²) < 4.78 is 1.61. The molecule has 1 aliphatic carbocycles. The Morgan fingerprint density at radius 1 is 1.47 bits per heavy atom. The van der Waals surface area contributed by atoms with E-state index < -0.39 is 11.4 Å². The quantitative estimate of drug-likeness (QED) is 0.785. The topological polar surface area (TPSA) is 67.5 Å². The number of aromatic nitrogens is 3. The Balaban J connectivity index is 2.17. The average molecular weight is 203 g/mol. The van der Waals surface area contributed by atoms with Gasteiger partial charge in [0.1, 0.15) is 5.41 Å². The number of carboxylic acids is 1. The van der Waals surface area contributed by atoms with Crippen LogP contribution < -0.4 is 0 Å². The molecule has 2 aromatic heterocycles. The Labute approximate surface area is 85.4 Å². The SMILES string of the molecule is O=C(O)C1(c2nc3ccccn3n2)CC1. The van der Waals surface area contributed by atoms with E-state index in [9.17, 15) is 4.79 Å². The van der Waals surface area contributed by atoms with Crippen LogP contribution in [0, 0.1) is 0 Å². The Kier molecular flexibility index (Phi) is 1.44. The number of pyridine rings is 1. The molecule has 5 heteroatoms. The fourth-order valence-corrected chi connectivity index (χ4v) is 1.69. The molecule has 15 heavy (non-hydrogen) atoms. The molecule has 3 rings (SSSR count). The Hall–Kier alpha value is -1.91. The van der Waals surface area contributed by atoms with E-state index in [0.717, 1.165) is 0 Å². The summed E-state index contributed by atoms with van der Waals surface area (Å²) >= 11 is 0. The van der Waals surface area contributed by atoms with Crippen molar-refractivity contribution < 1.29 is 9.90 Å². The standard InChI is InChI=1S/C10H9N3O2/c14-9(15)10(4-5-10)8-11-7-3-1-2-6-13(7)12-8/h1-3,6H,4-5H2,(H,14,15). The first-order chi connectivity index (χ1) is 7.22. The van der Waals surface area contributed by atoms with E-state index in [0.29, 0.717) is 24.3 Å². The second-order valence-corrected chi connectivity index (χ2v) is 3.83. The molecular weight excluding hydrogens is 194 g/mol. The van der Waals surface area contributed by atoms with Crippen molar-refractivity contribution >= 4 is 11.6 Å². The lowest BCUT2D eigenvalue weighted by atomic mass is 10.1. The minimum Gasteiger partial charge on any atom is -0.480 e. The molecule has 0 saturated heterocycles. The van der Waals surface area contributed by atoms with Gasteiger partial charge in [-0.05, 0) is 25.0 Å². The van der Waals surface area contributed by atoms with Gasteiger partial charge in [0.05, 0.1) is 0 Å². The number of fused-ring (bicyclic) bond motifs is 1. The first-order valence-electron chi connectivity index (χ1n) is 4.78. The Morgan fingerprint density at radius 2 is 2.27 bits per heavy atom. The van der Waals surface area contributed by atoms with Crippen LogP contribution in [0.2, 0.25) is 0 Å². The van der Waals surface area contributed by atoms with Crippen LogP contribution in [-0.2, 0) is 10.2 Å². The molecule has 0 atom stereocenters. The maximum absolute atomic E-state index is 11.1. The highest BCUT2D eigenvalue weighted by molar-refractivity contribution is 5.83. The van der Waals surface area contributed by atoms with E-state index in [1.807, 2.05) is 18.2 Å². The largest absolute Gasteiger partial charge is 0.480 e. The summed E-state index contributed by atoms with van der Waals surface area (Å²) in [6.07, 6.45) is 3.04.